The van der Waals surface area contributed by atoms with Crippen LogP contribution in [-0.4, -0.2) is 31.6 Å². The smallest absolute Gasteiger partial charge is 0.139 e. The summed E-state index contributed by atoms with van der Waals surface area (Å²) in [6, 6.07) is 9.85. The Morgan fingerprint density at radius 3 is 2.88 bits per heavy atom. The summed E-state index contributed by atoms with van der Waals surface area (Å²) in [4.78, 5) is 11.8. The Kier molecular flexibility index (Phi) is 4.08. The fourth-order valence-electron chi connectivity index (χ4n) is 1.90. The lowest BCUT2D eigenvalue weighted by Crippen LogP contribution is -2.39. The number of benzene rings is 1. The molecule has 0 aromatic heterocycles. The van der Waals surface area contributed by atoms with Crippen molar-refractivity contribution < 1.29 is 9.53 Å². The molecule has 0 amide bonds. The highest BCUT2D eigenvalue weighted by Gasteiger charge is 2.17. The van der Waals surface area contributed by atoms with Crippen molar-refractivity contribution in [1.82, 2.24) is 5.32 Å². The Labute approximate surface area is 95.8 Å². The van der Waals surface area contributed by atoms with Crippen LogP contribution < -0.4 is 5.32 Å². The van der Waals surface area contributed by atoms with Gasteiger partial charge in [-0.05, 0) is 5.56 Å². The molecular formula is C13H17NO2. The number of carbonyl (C=O) groups is 1. The Hall–Kier alpha value is -1.19. The molecule has 0 aliphatic carbocycles. The number of carbonyl (C=O) groups excluding carboxylic acids is 1. The van der Waals surface area contributed by atoms with E-state index in [-0.39, 0.29) is 11.9 Å². The number of nitrogens with one attached hydrogen (secondary N) is 1. The summed E-state index contributed by atoms with van der Waals surface area (Å²) < 4.78 is 5.50. The normalized spacial score (nSPS) is 20.6. The maximum Gasteiger partial charge on any atom is 0.139 e. The highest BCUT2D eigenvalue weighted by molar-refractivity contribution is 5.81. The topological polar surface area (TPSA) is 38.3 Å². The van der Waals surface area contributed by atoms with Crippen LogP contribution in [0.25, 0.3) is 0 Å². The Bertz CT molecular complexity index is 331. The van der Waals surface area contributed by atoms with Gasteiger partial charge in [-0.3, -0.25) is 4.79 Å². The second kappa shape index (κ2) is 5.77. The molecule has 1 heterocycles. The minimum atomic E-state index is 0.0602. The fourth-order valence-corrected chi connectivity index (χ4v) is 1.90. The van der Waals surface area contributed by atoms with E-state index >= 15 is 0 Å². The van der Waals surface area contributed by atoms with Gasteiger partial charge in [0.15, 0.2) is 0 Å². The third-order valence-electron chi connectivity index (χ3n) is 2.70. The van der Waals surface area contributed by atoms with Crippen LogP contribution >= 0.6 is 0 Å². The van der Waals surface area contributed by atoms with Gasteiger partial charge in [0.05, 0.1) is 12.7 Å². The Morgan fingerprint density at radius 1 is 1.38 bits per heavy atom. The Balaban J connectivity index is 1.80. The lowest BCUT2D eigenvalue weighted by Gasteiger charge is -2.22. The van der Waals surface area contributed by atoms with Crippen LogP contribution in [0.2, 0.25) is 0 Å². The molecule has 0 radical (unpaired) electrons. The summed E-state index contributed by atoms with van der Waals surface area (Å²) >= 11 is 0. The highest BCUT2D eigenvalue weighted by atomic mass is 16.5. The van der Waals surface area contributed by atoms with Crippen LogP contribution in [0.3, 0.4) is 0 Å². The van der Waals surface area contributed by atoms with Gasteiger partial charge in [-0.15, -0.1) is 0 Å². The molecule has 1 atom stereocenters. The van der Waals surface area contributed by atoms with Gasteiger partial charge < -0.3 is 10.1 Å². The SMILES string of the molecule is O=C(Cc1ccccc1)CC1CNCCO1. The fraction of sp³-hybridized carbons (Fsp3) is 0.462. The molecule has 1 aromatic rings. The zero-order chi connectivity index (χ0) is 11.2. The minimum Gasteiger partial charge on any atom is -0.375 e. The maximum absolute atomic E-state index is 11.8. The number of hydrogen-bond donors (Lipinski definition) is 1. The summed E-state index contributed by atoms with van der Waals surface area (Å²) in [6.45, 7) is 2.40. The van der Waals surface area contributed by atoms with Crippen LogP contribution in [-0.2, 0) is 16.0 Å². The molecule has 1 aliphatic heterocycles. The monoisotopic (exact) mass is 219 g/mol. The predicted octanol–water partition coefficient (Wildman–Crippen LogP) is 1.18. The van der Waals surface area contributed by atoms with Crippen molar-refractivity contribution in [2.75, 3.05) is 19.7 Å². The van der Waals surface area contributed by atoms with Crippen molar-refractivity contribution in [3.05, 3.63) is 35.9 Å². The van der Waals surface area contributed by atoms with Crippen molar-refractivity contribution in [2.45, 2.75) is 18.9 Å². The summed E-state index contributed by atoms with van der Waals surface area (Å²) in [7, 11) is 0. The summed E-state index contributed by atoms with van der Waals surface area (Å²) in [6.07, 6.45) is 1.09. The molecule has 0 saturated carbocycles. The van der Waals surface area contributed by atoms with Crippen molar-refractivity contribution in [1.29, 1.82) is 0 Å². The van der Waals surface area contributed by atoms with Crippen LogP contribution in [0, 0.1) is 0 Å². The van der Waals surface area contributed by atoms with E-state index in [2.05, 4.69) is 5.32 Å². The van der Waals surface area contributed by atoms with Gasteiger partial charge in [0.25, 0.3) is 0 Å². The minimum absolute atomic E-state index is 0.0602. The molecule has 1 unspecified atom stereocenters. The van der Waals surface area contributed by atoms with E-state index in [0.717, 1.165) is 18.7 Å². The molecule has 3 nitrogen and oxygen atoms in total. The number of rotatable bonds is 4. The molecule has 0 bridgehead atoms. The van der Waals surface area contributed by atoms with E-state index in [1.54, 1.807) is 0 Å². The quantitative estimate of drug-likeness (QED) is 0.826. The van der Waals surface area contributed by atoms with Crippen LogP contribution in [0.5, 0.6) is 0 Å². The number of Topliss-reactive ketones (excluding diaryl/α,β-unsaturated/α-hetero) is 1. The maximum atomic E-state index is 11.8. The first-order valence-electron chi connectivity index (χ1n) is 5.72. The first-order chi connectivity index (χ1) is 7.84. The third kappa shape index (κ3) is 3.43. The average Bonchev–Trinajstić information content (AvgIpc) is 2.31. The van der Waals surface area contributed by atoms with Crippen LogP contribution in [0.15, 0.2) is 30.3 Å². The molecule has 1 fully saturated rings. The van der Waals surface area contributed by atoms with Crippen molar-refractivity contribution in [3.63, 3.8) is 0 Å². The number of ketones is 1. The lowest BCUT2D eigenvalue weighted by atomic mass is 10.0. The number of morpholine rings is 1. The molecule has 1 N–H and O–H groups in total. The van der Waals surface area contributed by atoms with E-state index in [4.69, 9.17) is 4.74 Å². The molecule has 2 rings (SSSR count). The average molecular weight is 219 g/mol. The third-order valence-corrected chi connectivity index (χ3v) is 2.70. The van der Waals surface area contributed by atoms with Crippen molar-refractivity contribution in [2.24, 2.45) is 0 Å². The standard InChI is InChI=1S/C13H17NO2/c15-12(8-11-4-2-1-3-5-11)9-13-10-14-6-7-16-13/h1-5,13-14H,6-10H2. The van der Waals surface area contributed by atoms with E-state index in [0.29, 0.717) is 19.4 Å². The van der Waals surface area contributed by atoms with Crippen LogP contribution in [0.4, 0.5) is 0 Å². The van der Waals surface area contributed by atoms with Crippen molar-refractivity contribution >= 4 is 5.78 Å². The van der Waals surface area contributed by atoms with Gasteiger partial charge in [-0.1, -0.05) is 30.3 Å². The first-order valence-corrected chi connectivity index (χ1v) is 5.72. The van der Waals surface area contributed by atoms with E-state index < -0.39 is 0 Å². The van der Waals surface area contributed by atoms with Gasteiger partial charge in [0.2, 0.25) is 0 Å². The zero-order valence-corrected chi connectivity index (χ0v) is 9.32. The molecule has 1 aromatic carbocycles. The predicted molar refractivity (Wildman–Crippen MR) is 62.4 cm³/mol. The first kappa shape index (κ1) is 11.3. The van der Waals surface area contributed by atoms with Gasteiger partial charge in [-0.25, -0.2) is 0 Å². The van der Waals surface area contributed by atoms with E-state index in [1.807, 2.05) is 30.3 Å². The van der Waals surface area contributed by atoms with Crippen LogP contribution in [0.1, 0.15) is 12.0 Å². The van der Waals surface area contributed by atoms with E-state index in [1.165, 1.54) is 0 Å². The summed E-state index contributed by atoms with van der Waals surface area (Å²) in [5, 5.41) is 3.23. The number of ether oxygens (including phenoxy) is 1. The molecule has 1 saturated heterocycles. The van der Waals surface area contributed by atoms with Gasteiger partial charge in [0.1, 0.15) is 5.78 Å². The molecule has 86 valence electrons. The van der Waals surface area contributed by atoms with Gasteiger partial charge in [0, 0.05) is 25.9 Å². The van der Waals surface area contributed by atoms with Crippen molar-refractivity contribution in [3.8, 4) is 0 Å². The lowest BCUT2D eigenvalue weighted by molar-refractivity contribution is -0.121. The molecule has 16 heavy (non-hydrogen) atoms. The molecule has 3 heteroatoms. The Morgan fingerprint density at radius 2 is 2.19 bits per heavy atom. The molecular weight excluding hydrogens is 202 g/mol. The summed E-state index contributed by atoms with van der Waals surface area (Å²) in [5.41, 5.74) is 1.08. The summed E-state index contributed by atoms with van der Waals surface area (Å²) in [5.74, 6) is 0.250. The largest absolute Gasteiger partial charge is 0.375 e. The second-order valence-corrected chi connectivity index (χ2v) is 4.10. The van der Waals surface area contributed by atoms with E-state index in [9.17, 15) is 4.79 Å². The molecule has 0 spiro atoms. The zero-order valence-electron chi connectivity index (χ0n) is 9.32. The number of hydrogen-bond acceptors (Lipinski definition) is 3. The van der Waals surface area contributed by atoms with Gasteiger partial charge >= 0.3 is 0 Å². The molecule has 1 aliphatic rings. The second-order valence-electron chi connectivity index (χ2n) is 4.10. The van der Waals surface area contributed by atoms with Gasteiger partial charge in [-0.2, -0.15) is 0 Å². The highest BCUT2D eigenvalue weighted by Crippen LogP contribution is 2.07.